The second-order valence-electron chi connectivity index (χ2n) is 7.18. The molecule has 1 aliphatic heterocycles. The van der Waals surface area contributed by atoms with Crippen LogP contribution in [-0.2, 0) is 17.8 Å². The molecule has 2 unspecified atom stereocenters. The summed E-state index contributed by atoms with van der Waals surface area (Å²) in [5.74, 6) is 0.884. The van der Waals surface area contributed by atoms with Crippen LogP contribution >= 0.6 is 12.4 Å². The Kier molecular flexibility index (Phi) is 8.14. The molecule has 27 heavy (non-hydrogen) atoms. The topological polar surface area (TPSA) is 50.4 Å². The summed E-state index contributed by atoms with van der Waals surface area (Å²) in [7, 11) is 0. The number of carbonyl (C=O) groups excluding carboxylic acids is 1. The number of nitrogens with one attached hydrogen (secondary N) is 2. The molecule has 4 nitrogen and oxygen atoms in total. The molecule has 2 aromatic carbocycles. The number of carbonyl (C=O) groups is 1. The number of hydrogen-bond acceptors (Lipinski definition) is 3. The van der Waals surface area contributed by atoms with E-state index in [1.807, 2.05) is 36.4 Å². The minimum absolute atomic E-state index is 0. The number of halogens is 1. The number of piperidine rings is 1. The Morgan fingerprint density at radius 1 is 1.22 bits per heavy atom. The van der Waals surface area contributed by atoms with Gasteiger partial charge in [0.25, 0.3) is 0 Å². The van der Waals surface area contributed by atoms with E-state index in [0.29, 0.717) is 19.1 Å². The van der Waals surface area contributed by atoms with E-state index in [1.54, 1.807) is 0 Å². The van der Waals surface area contributed by atoms with Crippen molar-refractivity contribution in [2.45, 2.75) is 51.8 Å². The number of benzene rings is 2. The maximum atomic E-state index is 12.4. The summed E-state index contributed by atoms with van der Waals surface area (Å²) in [6.07, 6.45) is 2.38. The fourth-order valence-electron chi connectivity index (χ4n) is 3.41. The maximum absolute atomic E-state index is 12.4. The fraction of sp³-hybridized carbons (Fsp3) is 0.409. The zero-order valence-corrected chi connectivity index (χ0v) is 16.9. The van der Waals surface area contributed by atoms with Crippen LogP contribution in [0, 0.1) is 6.92 Å². The molecule has 1 amide bonds. The third-order valence-electron chi connectivity index (χ3n) is 4.91. The molecule has 1 saturated heterocycles. The van der Waals surface area contributed by atoms with Crippen LogP contribution in [0.4, 0.5) is 0 Å². The van der Waals surface area contributed by atoms with Crippen molar-refractivity contribution >= 4 is 18.3 Å². The summed E-state index contributed by atoms with van der Waals surface area (Å²) < 4.78 is 5.92. The van der Waals surface area contributed by atoms with Gasteiger partial charge in [-0.25, -0.2) is 0 Å². The van der Waals surface area contributed by atoms with E-state index in [4.69, 9.17) is 4.74 Å². The Balaban J connectivity index is 0.00000261. The molecule has 1 aliphatic rings. The van der Waals surface area contributed by atoms with Crippen molar-refractivity contribution in [3.05, 3.63) is 65.2 Å². The standard InChI is InChI=1S/C22H28N2O2.ClH/c1-16-6-3-4-8-19(16)15-26-21-9-5-7-18(13-21)14-22(25)24-20-10-11-23-17(2)12-20;/h3-9,13,17,20,23H,10-12,14-15H2,1-2H3,(H,24,25);1H. The number of aryl methyl sites for hydroxylation is 1. The van der Waals surface area contributed by atoms with Gasteiger partial charge in [0, 0.05) is 12.1 Å². The summed E-state index contributed by atoms with van der Waals surface area (Å²) in [6.45, 7) is 5.75. The lowest BCUT2D eigenvalue weighted by Gasteiger charge is -2.28. The highest BCUT2D eigenvalue weighted by Crippen LogP contribution is 2.17. The first-order valence-electron chi connectivity index (χ1n) is 9.39. The number of rotatable bonds is 6. The fourth-order valence-corrected chi connectivity index (χ4v) is 3.41. The van der Waals surface area contributed by atoms with Crippen molar-refractivity contribution in [3.8, 4) is 5.75 Å². The Bertz CT molecular complexity index is 751. The van der Waals surface area contributed by atoms with Gasteiger partial charge in [0.15, 0.2) is 0 Å². The largest absolute Gasteiger partial charge is 0.489 e. The lowest BCUT2D eigenvalue weighted by molar-refractivity contribution is -0.121. The Hall–Kier alpha value is -2.04. The molecule has 5 heteroatoms. The van der Waals surface area contributed by atoms with Gasteiger partial charge in [-0.1, -0.05) is 36.4 Å². The highest BCUT2D eigenvalue weighted by Gasteiger charge is 2.19. The van der Waals surface area contributed by atoms with Crippen LogP contribution in [0.15, 0.2) is 48.5 Å². The summed E-state index contributed by atoms with van der Waals surface area (Å²) in [6, 6.07) is 16.8. The molecule has 2 aromatic rings. The third kappa shape index (κ3) is 6.56. The lowest BCUT2D eigenvalue weighted by atomic mass is 10.0. The molecule has 0 radical (unpaired) electrons. The molecule has 0 saturated carbocycles. The first-order chi connectivity index (χ1) is 12.6. The van der Waals surface area contributed by atoms with Gasteiger partial charge in [-0.3, -0.25) is 4.79 Å². The van der Waals surface area contributed by atoms with Gasteiger partial charge < -0.3 is 15.4 Å². The van der Waals surface area contributed by atoms with E-state index in [-0.39, 0.29) is 24.4 Å². The van der Waals surface area contributed by atoms with Crippen LogP contribution in [0.25, 0.3) is 0 Å². The number of amides is 1. The van der Waals surface area contributed by atoms with Gasteiger partial charge in [-0.2, -0.15) is 0 Å². The third-order valence-corrected chi connectivity index (χ3v) is 4.91. The van der Waals surface area contributed by atoms with Crippen LogP contribution in [0.5, 0.6) is 5.75 Å². The summed E-state index contributed by atoms with van der Waals surface area (Å²) in [5, 5.41) is 6.57. The van der Waals surface area contributed by atoms with E-state index in [2.05, 4.69) is 36.6 Å². The summed E-state index contributed by atoms with van der Waals surface area (Å²) >= 11 is 0. The van der Waals surface area contributed by atoms with Gasteiger partial charge in [-0.05, 0) is 62.1 Å². The predicted octanol–water partition coefficient (Wildman–Crippen LogP) is 3.80. The Labute approximate surface area is 168 Å². The Morgan fingerprint density at radius 2 is 2.04 bits per heavy atom. The molecule has 2 atom stereocenters. The SMILES string of the molecule is Cc1ccccc1COc1cccc(CC(=O)NC2CCNC(C)C2)c1.Cl. The first kappa shape index (κ1) is 21.3. The maximum Gasteiger partial charge on any atom is 0.224 e. The van der Waals surface area contributed by atoms with Crippen LogP contribution in [0.2, 0.25) is 0 Å². The molecule has 2 N–H and O–H groups in total. The van der Waals surface area contributed by atoms with Gasteiger partial charge >= 0.3 is 0 Å². The molecule has 0 spiro atoms. The normalized spacial score (nSPS) is 19.0. The van der Waals surface area contributed by atoms with Gasteiger partial charge in [0.05, 0.1) is 6.42 Å². The predicted molar refractivity (Wildman–Crippen MR) is 112 cm³/mol. The summed E-state index contributed by atoms with van der Waals surface area (Å²) in [4.78, 5) is 12.4. The molecule has 1 heterocycles. The molecule has 1 fully saturated rings. The van der Waals surface area contributed by atoms with E-state index < -0.39 is 0 Å². The highest BCUT2D eigenvalue weighted by molar-refractivity contribution is 5.85. The molecular formula is C22H29ClN2O2. The second-order valence-corrected chi connectivity index (χ2v) is 7.18. The molecule has 146 valence electrons. The van der Waals surface area contributed by atoms with E-state index in [1.165, 1.54) is 11.1 Å². The molecule has 0 aromatic heterocycles. The van der Waals surface area contributed by atoms with Gasteiger partial charge in [-0.15, -0.1) is 12.4 Å². The average Bonchev–Trinajstić information content (AvgIpc) is 2.61. The van der Waals surface area contributed by atoms with Crippen LogP contribution in [0.3, 0.4) is 0 Å². The van der Waals surface area contributed by atoms with Crippen LogP contribution in [-0.4, -0.2) is 24.5 Å². The van der Waals surface area contributed by atoms with Crippen molar-refractivity contribution < 1.29 is 9.53 Å². The first-order valence-corrected chi connectivity index (χ1v) is 9.39. The molecular weight excluding hydrogens is 360 g/mol. The molecule has 0 aliphatic carbocycles. The van der Waals surface area contributed by atoms with Crippen molar-refractivity contribution in [1.82, 2.24) is 10.6 Å². The van der Waals surface area contributed by atoms with E-state index >= 15 is 0 Å². The van der Waals surface area contributed by atoms with Crippen molar-refractivity contribution in [3.63, 3.8) is 0 Å². The zero-order valence-electron chi connectivity index (χ0n) is 16.0. The zero-order chi connectivity index (χ0) is 18.4. The number of ether oxygens (including phenoxy) is 1. The van der Waals surface area contributed by atoms with Crippen LogP contribution in [0.1, 0.15) is 36.5 Å². The molecule has 3 rings (SSSR count). The lowest BCUT2D eigenvalue weighted by Crippen LogP contribution is -2.46. The highest BCUT2D eigenvalue weighted by atomic mass is 35.5. The summed E-state index contributed by atoms with van der Waals surface area (Å²) in [5.41, 5.74) is 3.38. The van der Waals surface area contributed by atoms with Gasteiger partial charge in [0.2, 0.25) is 5.91 Å². The van der Waals surface area contributed by atoms with Crippen molar-refractivity contribution in [2.75, 3.05) is 6.54 Å². The smallest absolute Gasteiger partial charge is 0.224 e. The minimum atomic E-state index is 0. The van der Waals surface area contributed by atoms with Gasteiger partial charge in [0.1, 0.15) is 12.4 Å². The Morgan fingerprint density at radius 3 is 2.81 bits per heavy atom. The minimum Gasteiger partial charge on any atom is -0.489 e. The van der Waals surface area contributed by atoms with Crippen molar-refractivity contribution in [2.24, 2.45) is 0 Å². The van der Waals surface area contributed by atoms with E-state index in [0.717, 1.165) is 30.7 Å². The monoisotopic (exact) mass is 388 g/mol. The average molecular weight is 389 g/mol. The second kappa shape index (κ2) is 10.3. The van der Waals surface area contributed by atoms with Crippen molar-refractivity contribution in [1.29, 1.82) is 0 Å². The van der Waals surface area contributed by atoms with Crippen LogP contribution < -0.4 is 15.4 Å². The molecule has 0 bridgehead atoms. The van der Waals surface area contributed by atoms with E-state index in [9.17, 15) is 4.79 Å². The quantitative estimate of drug-likeness (QED) is 0.791. The number of hydrogen-bond donors (Lipinski definition) is 2.